The van der Waals surface area contributed by atoms with Crippen LogP contribution in [0.4, 0.5) is 11.5 Å². The molecule has 1 aromatic heterocycles. The van der Waals surface area contributed by atoms with E-state index in [4.69, 9.17) is 9.47 Å². The normalized spacial score (nSPS) is 13.8. The SMILES string of the molecule is COc1ccccc1OCC(=O)Nc1ccc(N2CCN(C(C)=O)CC2)nc1. The molecule has 3 rings (SSSR count). The Kier molecular flexibility index (Phi) is 6.31. The van der Waals surface area contributed by atoms with E-state index in [1.54, 1.807) is 38.4 Å². The number of amides is 2. The average Bonchev–Trinajstić information content (AvgIpc) is 2.73. The molecule has 8 nitrogen and oxygen atoms in total. The number of hydrogen-bond donors (Lipinski definition) is 1. The second kappa shape index (κ2) is 9.07. The van der Waals surface area contributed by atoms with Gasteiger partial charge in [-0.1, -0.05) is 12.1 Å². The summed E-state index contributed by atoms with van der Waals surface area (Å²) >= 11 is 0. The van der Waals surface area contributed by atoms with E-state index in [0.29, 0.717) is 30.3 Å². The second-order valence-electron chi connectivity index (χ2n) is 6.39. The fourth-order valence-electron chi connectivity index (χ4n) is 2.98. The molecule has 2 aromatic rings. The van der Waals surface area contributed by atoms with Gasteiger partial charge in [-0.25, -0.2) is 4.98 Å². The smallest absolute Gasteiger partial charge is 0.262 e. The van der Waals surface area contributed by atoms with Gasteiger partial charge < -0.3 is 24.6 Å². The second-order valence-corrected chi connectivity index (χ2v) is 6.39. The van der Waals surface area contributed by atoms with Crippen LogP contribution < -0.4 is 19.7 Å². The number of nitrogens with zero attached hydrogens (tertiary/aromatic N) is 3. The van der Waals surface area contributed by atoms with Gasteiger partial charge in [0.15, 0.2) is 18.1 Å². The summed E-state index contributed by atoms with van der Waals surface area (Å²) in [5.41, 5.74) is 0.597. The molecule has 1 aliphatic heterocycles. The molecular formula is C20H24N4O4. The van der Waals surface area contributed by atoms with Gasteiger partial charge >= 0.3 is 0 Å². The van der Waals surface area contributed by atoms with Gasteiger partial charge in [-0.2, -0.15) is 0 Å². The lowest BCUT2D eigenvalue weighted by molar-refractivity contribution is -0.129. The standard InChI is InChI=1S/C20H24N4O4/c1-15(25)23-9-11-24(12-10-23)19-8-7-16(13-21-19)22-20(26)14-28-18-6-4-3-5-17(18)27-2/h3-8,13H,9-12,14H2,1-2H3,(H,22,26). The lowest BCUT2D eigenvalue weighted by Gasteiger charge is -2.34. The summed E-state index contributed by atoms with van der Waals surface area (Å²) in [4.78, 5) is 31.9. The van der Waals surface area contributed by atoms with Crippen molar-refractivity contribution in [3.63, 3.8) is 0 Å². The van der Waals surface area contributed by atoms with E-state index in [9.17, 15) is 9.59 Å². The van der Waals surface area contributed by atoms with Crippen LogP contribution in [0.5, 0.6) is 11.5 Å². The Morgan fingerprint density at radius 1 is 1.07 bits per heavy atom. The van der Waals surface area contributed by atoms with Gasteiger partial charge in [0.05, 0.1) is 19.0 Å². The topological polar surface area (TPSA) is 84.0 Å². The first-order valence-electron chi connectivity index (χ1n) is 9.09. The molecule has 1 N–H and O–H groups in total. The zero-order chi connectivity index (χ0) is 19.9. The Balaban J connectivity index is 1.50. The van der Waals surface area contributed by atoms with Gasteiger partial charge in [0, 0.05) is 33.1 Å². The Hall–Kier alpha value is -3.29. The van der Waals surface area contributed by atoms with Gasteiger partial charge in [-0.3, -0.25) is 9.59 Å². The van der Waals surface area contributed by atoms with E-state index in [-0.39, 0.29) is 18.4 Å². The number of benzene rings is 1. The summed E-state index contributed by atoms with van der Waals surface area (Å²) in [6.07, 6.45) is 1.62. The van der Waals surface area contributed by atoms with Crippen molar-refractivity contribution in [1.29, 1.82) is 0 Å². The number of anilines is 2. The summed E-state index contributed by atoms with van der Waals surface area (Å²) in [5, 5.41) is 2.76. The largest absolute Gasteiger partial charge is 0.493 e. The van der Waals surface area contributed by atoms with Gasteiger partial charge in [-0.15, -0.1) is 0 Å². The van der Waals surface area contributed by atoms with Crippen molar-refractivity contribution >= 4 is 23.3 Å². The van der Waals surface area contributed by atoms with Crippen LogP contribution in [-0.4, -0.2) is 61.6 Å². The molecule has 1 fully saturated rings. The molecule has 148 valence electrons. The fourth-order valence-corrected chi connectivity index (χ4v) is 2.98. The van der Waals surface area contributed by atoms with Crippen LogP contribution in [0.15, 0.2) is 42.6 Å². The van der Waals surface area contributed by atoms with Gasteiger partial charge in [0.25, 0.3) is 5.91 Å². The molecule has 0 bridgehead atoms. The number of hydrogen-bond acceptors (Lipinski definition) is 6. The van der Waals surface area contributed by atoms with Crippen LogP contribution >= 0.6 is 0 Å². The van der Waals surface area contributed by atoms with Crippen molar-refractivity contribution in [2.24, 2.45) is 0 Å². The number of carbonyl (C=O) groups excluding carboxylic acids is 2. The predicted octanol–water partition coefficient (Wildman–Crippen LogP) is 1.78. The van der Waals surface area contributed by atoms with Crippen molar-refractivity contribution in [3.8, 4) is 11.5 Å². The predicted molar refractivity (Wildman–Crippen MR) is 106 cm³/mol. The van der Waals surface area contributed by atoms with Crippen LogP contribution in [0.3, 0.4) is 0 Å². The summed E-state index contributed by atoms with van der Waals surface area (Å²) < 4.78 is 10.7. The van der Waals surface area contributed by atoms with E-state index < -0.39 is 0 Å². The summed E-state index contributed by atoms with van der Waals surface area (Å²) in [5.74, 6) is 1.73. The van der Waals surface area contributed by atoms with Crippen LogP contribution in [-0.2, 0) is 9.59 Å². The maximum atomic E-state index is 12.1. The zero-order valence-corrected chi connectivity index (χ0v) is 16.1. The summed E-state index contributed by atoms with van der Waals surface area (Å²) in [6, 6.07) is 10.8. The fraction of sp³-hybridized carbons (Fsp3) is 0.350. The number of aromatic nitrogens is 1. The van der Waals surface area contributed by atoms with Crippen molar-refractivity contribution in [2.75, 3.05) is 50.1 Å². The molecule has 1 saturated heterocycles. The van der Waals surface area contributed by atoms with Crippen LogP contribution in [0.1, 0.15) is 6.92 Å². The quantitative estimate of drug-likeness (QED) is 0.817. The molecule has 1 aliphatic rings. The number of carbonyl (C=O) groups is 2. The molecule has 0 aliphatic carbocycles. The lowest BCUT2D eigenvalue weighted by atomic mass is 10.3. The third kappa shape index (κ3) is 4.91. The van der Waals surface area contributed by atoms with E-state index in [2.05, 4.69) is 15.2 Å². The van der Waals surface area contributed by atoms with Gasteiger partial charge in [0.2, 0.25) is 5.91 Å². The molecule has 0 radical (unpaired) electrons. The zero-order valence-electron chi connectivity index (χ0n) is 16.1. The number of rotatable bonds is 6. The van der Waals surface area contributed by atoms with Crippen molar-refractivity contribution in [2.45, 2.75) is 6.92 Å². The molecule has 2 heterocycles. The highest BCUT2D eigenvalue weighted by molar-refractivity contribution is 5.91. The Morgan fingerprint density at radius 3 is 2.39 bits per heavy atom. The van der Waals surface area contributed by atoms with Crippen LogP contribution in [0, 0.1) is 0 Å². The summed E-state index contributed by atoms with van der Waals surface area (Å²) in [7, 11) is 1.55. The molecule has 28 heavy (non-hydrogen) atoms. The number of nitrogens with one attached hydrogen (secondary N) is 1. The molecule has 0 atom stereocenters. The Morgan fingerprint density at radius 2 is 1.79 bits per heavy atom. The highest BCUT2D eigenvalue weighted by Crippen LogP contribution is 2.25. The molecule has 1 aromatic carbocycles. The third-order valence-electron chi connectivity index (χ3n) is 4.51. The molecule has 0 unspecified atom stereocenters. The number of para-hydroxylation sites is 2. The first-order valence-corrected chi connectivity index (χ1v) is 9.09. The minimum Gasteiger partial charge on any atom is -0.493 e. The maximum absolute atomic E-state index is 12.1. The minimum atomic E-state index is -0.282. The first kappa shape index (κ1) is 19.5. The Bertz CT molecular complexity index is 817. The van der Waals surface area contributed by atoms with E-state index in [1.807, 2.05) is 23.1 Å². The summed E-state index contributed by atoms with van der Waals surface area (Å²) in [6.45, 7) is 4.32. The molecular weight excluding hydrogens is 360 g/mol. The van der Waals surface area contributed by atoms with Gasteiger partial charge in [-0.05, 0) is 24.3 Å². The number of methoxy groups -OCH3 is 1. The van der Waals surface area contributed by atoms with Crippen LogP contribution in [0.2, 0.25) is 0 Å². The molecule has 8 heteroatoms. The van der Waals surface area contributed by atoms with Crippen molar-refractivity contribution in [1.82, 2.24) is 9.88 Å². The number of ether oxygens (including phenoxy) is 2. The van der Waals surface area contributed by atoms with Crippen molar-refractivity contribution in [3.05, 3.63) is 42.6 Å². The minimum absolute atomic E-state index is 0.0982. The lowest BCUT2D eigenvalue weighted by Crippen LogP contribution is -2.48. The number of pyridine rings is 1. The van der Waals surface area contributed by atoms with E-state index in [1.165, 1.54) is 0 Å². The molecule has 0 spiro atoms. The monoisotopic (exact) mass is 384 g/mol. The Labute approximate surface area is 164 Å². The average molecular weight is 384 g/mol. The molecule has 0 saturated carbocycles. The van der Waals surface area contributed by atoms with E-state index in [0.717, 1.165) is 18.9 Å². The highest BCUT2D eigenvalue weighted by Gasteiger charge is 2.19. The van der Waals surface area contributed by atoms with Crippen molar-refractivity contribution < 1.29 is 19.1 Å². The molecule has 2 amide bonds. The maximum Gasteiger partial charge on any atom is 0.262 e. The van der Waals surface area contributed by atoms with Gasteiger partial charge in [0.1, 0.15) is 5.82 Å². The first-order chi connectivity index (χ1) is 13.6. The highest BCUT2D eigenvalue weighted by atomic mass is 16.5. The number of piperazine rings is 1. The third-order valence-corrected chi connectivity index (χ3v) is 4.51. The van der Waals surface area contributed by atoms with E-state index >= 15 is 0 Å². The van der Waals surface area contributed by atoms with Crippen LogP contribution in [0.25, 0.3) is 0 Å².